The number of nitrogens with zero attached hydrogens (tertiary/aromatic N) is 2. The van der Waals surface area contributed by atoms with Crippen molar-refractivity contribution >= 4 is 86.2 Å². The van der Waals surface area contributed by atoms with E-state index in [-0.39, 0.29) is 68.4 Å². The maximum atomic E-state index is 14.6. The third-order valence-electron chi connectivity index (χ3n) is 12.5. The molecule has 1 aromatic rings. The molecule has 2 aliphatic rings. The van der Waals surface area contributed by atoms with Crippen molar-refractivity contribution in [2.24, 2.45) is 52.5 Å². The number of Topliss-reactive ketones (excluding diaryl/α,β-unsaturated/α-hetero) is 3. The van der Waals surface area contributed by atoms with Crippen LogP contribution < -0.4 is 38.9 Å². The number of likely N-dealkylation sites (N-methyl/N-ethyl adjacent to an activating group) is 1. The van der Waals surface area contributed by atoms with Crippen molar-refractivity contribution in [3.05, 3.63) is 29.8 Å². The Bertz CT molecular complexity index is 2080. The first-order valence-corrected chi connectivity index (χ1v) is 26.1. The molecule has 2 heterocycles. The number of carbonyl (C=O) groups excluding carboxylic acids is 11. The number of ketones is 3. The molecule has 0 unspecified atom stereocenters. The lowest BCUT2D eigenvalue weighted by Crippen LogP contribution is -2.58. The van der Waals surface area contributed by atoms with Gasteiger partial charge in [-0.15, -0.1) is 0 Å². The molecule has 70 heavy (non-hydrogen) atoms. The minimum absolute atomic E-state index is 0.00759. The Morgan fingerprint density at radius 1 is 0.829 bits per heavy atom. The quantitative estimate of drug-likeness (QED) is 0.0898. The summed E-state index contributed by atoms with van der Waals surface area (Å²) in [5.74, 6) is -11.4. The molecule has 23 heteroatoms. The van der Waals surface area contributed by atoms with Crippen LogP contribution in [0, 0.1) is 29.6 Å². The van der Waals surface area contributed by atoms with Crippen LogP contribution in [0.15, 0.2) is 24.3 Å². The largest absolute Gasteiger partial charge is 0.508 e. The van der Waals surface area contributed by atoms with Crippen LogP contribution in [0.3, 0.4) is 0 Å². The molecular weight excluding hydrogens is 947 g/mol. The lowest BCUT2D eigenvalue weighted by Gasteiger charge is -2.31. The smallest absolute Gasteiger partial charge is 0.243 e. The fourth-order valence-corrected chi connectivity index (χ4v) is 10.9. The number of aromatic hydroxyl groups is 1. The Balaban J connectivity index is 2.06. The lowest BCUT2D eigenvalue weighted by atomic mass is 9.88. The minimum atomic E-state index is -1.62. The monoisotopic (exact) mass is 1020 g/mol. The van der Waals surface area contributed by atoms with Crippen molar-refractivity contribution in [1.82, 2.24) is 25.8 Å². The first-order valence-electron chi connectivity index (χ1n) is 23.6. The standard InChI is InChI=1S/C47H71N9O12S2/c1-6-26(4)42-45(66)52-33(13-14-39(49)61)44(65)53-34(21-40(50)62)37(59)20-30(23-69-70-24-32(48)36(58)18-28(43(64)54-42)17-27-9-11-31(57)12-10-27)47(68)56-15-7-8-35(56)38(60)19-29(16-25(2)3)46(67)55(5)22-41(51)63/h9-12,25-26,28-30,32-35,42,57H,6-8,13-24,48H2,1-5H3,(H2,49,61)(H2,50,62)(H2,51,63)(H,52,66)(H,53,65)(H,54,64)/t26-,28+,29+,30-,32-,33-,34-,35-,42-/m0/s1. The highest BCUT2D eigenvalue weighted by molar-refractivity contribution is 8.76. The van der Waals surface area contributed by atoms with Gasteiger partial charge in [-0.1, -0.05) is 67.8 Å². The van der Waals surface area contributed by atoms with E-state index in [0.29, 0.717) is 24.8 Å². The highest BCUT2D eigenvalue weighted by Gasteiger charge is 2.41. The van der Waals surface area contributed by atoms with E-state index >= 15 is 0 Å². The predicted molar refractivity (Wildman–Crippen MR) is 263 cm³/mol. The molecule has 2 fully saturated rings. The number of amides is 8. The number of carbonyl (C=O) groups is 11. The second-order valence-corrected chi connectivity index (χ2v) is 21.3. The van der Waals surface area contributed by atoms with Crippen LogP contribution in [0.4, 0.5) is 0 Å². The predicted octanol–water partition coefficient (Wildman–Crippen LogP) is 0.00540. The normalized spacial score (nSPS) is 24.4. The number of benzene rings is 1. The number of hydrogen-bond donors (Lipinski definition) is 8. The fourth-order valence-electron chi connectivity index (χ4n) is 8.47. The first-order chi connectivity index (χ1) is 32.9. The summed E-state index contributed by atoms with van der Waals surface area (Å²) >= 11 is 0. The Labute approximate surface area is 416 Å². The van der Waals surface area contributed by atoms with Gasteiger partial charge in [-0.3, -0.25) is 52.7 Å². The molecule has 2 aliphatic heterocycles. The van der Waals surface area contributed by atoms with E-state index in [4.69, 9.17) is 22.9 Å². The number of primary amides is 3. The maximum Gasteiger partial charge on any atom is 0.243 e. The van der Waals surface area contributed by atoms with Crippen molar-refractivity contribution in [2.75, 3.05) is 31.6 Å². The second-order valence-electron chi connectivity index (χ2n) is 18.8. The number of rotatable bonds is 18. The van der Waals surface area contributed by atoms with Crippen LogP contribution in [0.2, 0.25) is 0 Å². The summed E-state index contributed by atoms with van der Waals surface area (Å²) in [5.41, 5.74) is 23.3. The zero-order chi connectivity index (χ0) is 52.4. The number of phenolic OH excluding ortho intramolecular Hbond substituents is 1. The van der Waals surface area contributed by atoms with Crippen molar-refractivity contribution in [2.45, 2.75) is 129 Å². The van der Waals surface area contributed by atoms with Crippen LogP contribution in [0.5, 0.6) is 5.75 Å². The third kappa shape index (κ3) is 18.6. The van der Waals surface area contributed by atoms with E-state index in [2.05, 4.69) is 16.0 Å². The van der Waals surface area contributed by atoms with Crippen LogP contribution in [-0.2, 0) is 59.2 Å². The van der Waals surface area contributed by atoms with Gasteiger partial charge in [-0.05, 0) is 61.6 Å². The number of nitrogens with two attached hydrogens (primary N) is 4. The van der Waals surface area contributed by atoms with Gasteiger partial charge in [0, 0.05) is 62.6 Å². The first kappa shape index (κ1) is 58.8. The topological polar surface area (TPSA) is 355 Å². The molecule has 8 amide bonds. The van der Waals surface area contributed by atoms with Gasteiger partial charge in [0.05, 0.1) is 37.0 Å². The summed E-state index contributed by atoms with van der Waals surface area (Å²) in [6.07, 6.45) is -1.20. The second kappa shape index (κ2) is 28.3. The van der Waals surface area contributed by atoms with Crippen molar-refractivity contribution in [3.8, 4) is 5.75 Å². The molecule has 0 spiro atoms. The molecule has 3 rings (SSSR count). The van der Waals surface area contributed by atoms with E-state index in [1.54, 1.807) is 26.0 Å². The van der Waals surface area contributed by atoms with E-state index < -0.39 is 138 Å². The van der Waals surface area contributed by atoms with Crippen LogP contribution in [-0.4, -0.2) is 141 Å². The molecule has 2 saturated heterocycles. The molecule has 21 nitrogen and oxygen atoms in total. The lowest BCUT2D eigenvalue weighted by molar-refractivity contribution is -0.144. The summed E-state index contributed by atoms with van der Waals surface area (Å²) in [7, 11) is 3.66. The molecule has 0 aromatic heterocycles. The number of likely N-dealkylation sites (tertiary alicyclic amines) is 1. The Morgan fingerprint density at radius 2 is 1.47 bits per heavy atom. The highest BCUT2D eigenvalue weighted by Crippen LogP contribution is 2.32. The van der Waals surface area contributed by atoms with Gasteiger partial charge in [0.1, 0.15) is 17.8 Å². The summed E-state index contributed by atoms with van der Waals surface area (Å²) < 4.78 is 0. The average Bonchev–Trinajstić information content (AvgIpc) is 3.79. The minimum Gasteiger partial charge on any atom is -0.508 e. The SMILES string of the molecule is CC[C@H](C)[C@@H]1NC(=O)[C@H](Cc2ccc(O)cc2)CC(=O)[C@@H](N)CSSC[C@@H](C(=O)N2CCC[C@H]2C(=O)C[C@@H](CC(C)C)C(=O)N(C)CC(N)=O)CC(=O)[C@H](CC(N)=O)NC(=O)[C@H](CCC(N)=O)NC1=O. The van der Waals surface area contributed by atoms with E-state index in [9.17, 15) is 57.8 Å². The summed E-state index contributed by atoms with van der Waals surface area (Å²) in [5, 5.41) is 17.7. The van der Waals surface area contributed by atoms with Gasteiger partial charge in [-0.25, -0.2) is 0 Å². The van der Waals surface area contributed by atoms with Crippen LogP contribution in [0.25, 0.3) is 0 Å². The van der Waals surface area contributed by atoms with Crippen LogP contribution >= 0.6 is 21.6 Å². The molecule has 0 bridgehead atoms. The highest BCUT2D eigenvalue weighted by atomic mass is 33.1. The van der Waals surface area contributed by atoms with Crippen molar-refractivity contribution < 1.29 is 57.8 Å². The Hall–Kier alpha value is -5.55. The number of phenols is 1. The Morgan fingerprint density at radius 3 is 2.07 bits per heavy atom. The molecule has 388 valence electrons. The molecule has 1 aromatic carbocycles. The van der Waals surface area contributed by atoms with Gasteiger partial charge in [-0.2, -0.15) is 0 Å². The van der Waals surface area contributed by atoms with Gasteiger partial charge in [0.25, 0.3) is 0 Å². The zero-order valence-electron chi connectivity index (χ0n) is 40.6. The van der Waals surface area contributed by atoms with Gasteiger partial charge < -0.3 is 53.8 Å². The van der Waals surface area contributed by atoms with Gasteiger partial charge in [0.15, 0.2) is 17.3 Å². The summed E-state index contributed by atoms with van der Waals surface area (Å²) in [6, 6.07) is -0.465. The molecule has 9 atom stereocenters. The zero-order valence-corrected chi connectivity index (χ0v) is 42.3. The number of hydrogen-bond acceptors (Lipinski definition) is 15. The van der Waals surface area contributed by atoms with Crippen LogP contribution in [0.1, 0.15) is 97.5 Å². The maximum absolute atomic E-state index is 14.6. The molecular formula is C47H71N9O12S2. The summed E-state index contributed by atoms with van der Waals surface area (Å²) in [4.78, 5) is 151. The molecule has 0 radical (unpaired) electrons. The summed E-state index contributed by atoms with van der Waals surface area (Å²) in [6.45, 7) is 7.00. The fraction of sp³-hybridized carbons (Fsp3) is 0.638. The molecule has 0 aliphatic carbocycles. The van der Waals surface area contributed by atoms with E-state index in [1.807, 2.05) is 13.8 Å². The number of nitrogens with one attached hydrogen (secondary N) is 3. The third-order valence-corrected chi connectivity index (χ3v) is 15.0. The van der Waals surface area contributed by atoms with E-state index in [0.717, 1.165) is 26.5 Å². The van der Waals surface area contributed by atoms with E-state index in [1.165, 1.54) is 24.1 Å². The Kier molecular flexibility index (Phi) is 23.8. The van der Waals surface area contributed by atoms with Gasteiger partial charge >= 0.3 is 0 Å². The molecule has 12 N–H and O–H groups in total. The van der Waals surface area contributed by atoms with Gasteiger partial charge in [0.2, 0.25) is 47.3 Å². The average molecular weight is 1020 g/mol. The molecule has 0 saturated carbocycles. The van der Waals surface area contributed by atoms with Crippen molar-refractivity contribution in [1.29, 1.82) is 0 Å². The van der Waals surface area contributed by atoms with Crippen molar-refractivity contribution in [3.63, 3.8) is 0 Å².